The van der Waals surface area contributed by atoms with Crippen LogP contribution in [0.25, 0.3) is 0 Å². The summed E-state index contributed by atoms with van der Waals surface area (Å²) in [6.45, 7) is 2.64. The van der Waals surface area contributed by atoms with Gasteiger partial charge in [-0.3, -0.25) is 0 Å². The summed E-state index contributed by atoms with van der Waals surface area (Å²) in [7, 11) is 0. The number of nitrogens with one attached hydrogen (secondary N) is 1. The topological polar surface area (TPSA) is 35.8 Å². The van der Waals surface area contributed by atoms with Crippen molar-refractivity contribution in [3.63, 3.8) is 0 Å². The summed E-state index contributed by atoms with van der Waals surface area (Å²) in [6.07, 6.45) is 0. The third-order valence-corrected chi connectivity index (χ3v) is 3.02. The van der Waals surface area contributed by atoms with E-state index in [2.05, 4.69) is 11.4 Å². The SMILES string of the molecule is C[C@H](NCc1cccc(C#N)c1)c1cccc(F)c1. The zero-order valence-electron chi connectivity index (χ0n) is 10.7. The van der Waals surface area contributed by atoms with Crippen molar-refractivity contribution in [2.24, 2.45) is 0 Å². The molecule has 1 atom stereocenters. The van der Waals surface area contributed by atoms with Crippen molar-refractivity contribution in [2.45, 2.75) is 19.5 Å². The maximum absolute atomic E-state index is 13.1. The minimum Gasteiger partial charge on any atom is -0.306 e. The molecule has 0 aliphatic rings. The second-order valence-corrected chi connectivity index (χ2v) is 4.47. The largest absolute Gasteiger partial charge is 0.306 e. The molecule has 19 heavy (non-hydrogen) atoms. The number of benzene rings is 2. The van der Waals surface area contributed by atoms with Gasteiger partial charge in [-0.15, -0.1) is 0 Å². The van der Waals surface area contributed by atoms with Gasteiger partial charge in [-0.05, 0) is 42.3 Å². The van der Waals surface area contributed by atoms with Crippen LogP contribution in [0.15, 0.2) is 48.5 Å². The number of hydrogen-bond acceptors (Lipinski definition) is 2. The molecule has 2 aromatic carbocycles. The molecule has 0 aromatic heterocycles. The molecule has 0 heterocycles. The van der Waals surface area contributed by atoms with Crippen molar-refractivity contribution in [1.29, 1.82) is 5.26 Å². The zero-order valence-corrected chi connectivity index (χ0v) is 10.7. The lowest BCUT2D eigenvalue weighted by Crippen LogP contribution is -2.18. The molecule has 96 valence electrons. The van der Waals surface area contributed by atoms with Gasteiger partial charge in [-0.1, -0.05) is 24.3 Å². The minimum absolute atomic E-state index is 0.0569. The predicted octanol–water partition coefficient (Wildman–Crippen LogP) is 3.55. The molecular formula is C16H15FN2. The Morgan fingerprint density at radius 2 is 2.00 bits per heavy atom. The van der Waals surface area contributed by atoms with Gasteiger partial charge in [0.1, 0.15) is 5.82 Å². The number of halogens is 1. The number of nitriles is 1. The number of rotatable bonds is 4. The van der Waals surface area contributed by atoms with Crippen LogP contribution < -0.4 is 5.32 Å². The van der Waals surface area contributed by atoms with Gasteiger partial charge in [0.15, 0.2) is 0 Å². The molecule has 0 aliphatic heterocycles. The van der Waals surface area contributed by atoms with Crippen molar-refractivity contribution in [1.82, 2.24) is 5.32 Å². The van der Waals surface area contributed by atoms with Crippen molar-refractivity contribution in [2.75, 3.05) is 0 Å². The Bertz CT molecular complexity index is 602. The molecule has 0 spiro atoms. The first kappa shape index (κ1) is 13.3. The third kappa shape index (κ3) is 3.64. The Balaban J connectivity index is 2.00. The Labute approximate surface area is 112 Å². The molecule has 2 rings (SSSR count). The maximum atomic E-state index is 13.1. The lowest BCUT2D eigenvalue weighted by atomic mass is 10.1. The normalized spacial score (nSPS) is 11.8. The van der Waals surface area contributed by atoms with Gasteiger partial charge in [0.2, 0.25) is 0 Å². The average molecular weight is 254 g/mol. The smallest absolute Gasteiger partial charge is 0.123 e. The van der Waals surface area contributed by atoms with E-state index in [-0.39, 0.29) is 11.9 Å². The summed E-state index contributed by atoms with van der Waals surface area (Å²) in [4.78, 5) is 0. The lowest BCUT2D eigenvalue weighted by Gasteiger charge is -2.14. The molecule has 3 heteroatoms. The number of nitrogens with zero attached hydrogens (tertiary/aromatic N) is 1. The minimum atomic E-state index is -0.224. The zero-order chi connectivity index (χ0) is 13.7. The van der Waals surface area contributed by atoms with Crippen molar-refractivity contribution in [3.8, 4) is 6.07 Å². The molecule has 0 amide bonds. The van der Waals surface area contributed by atoms with Gasteiger partial charge in [0.05, 0.1) is 11.6 Å². The molecular weight excluding hydrogens is 239 g/mol. The van der Waals surface area contributed by atoms with E-state index in [1.807, 2.05) is 31.2 Å². The van der Waals surface area contributed by atoms with Crippen LogP contribution in [0.5, 0.6) is 0 Å². The first-order valence-corrected chi connectivity index (χ1v) is 6.17. The molecule has 0 aliphatic carbocycles. The Morgan fingerprint density at radius 3 is 2.74 bits per heavy atom. The van der Waals surface area contributed by atoms with Crippen molar-refractivity contribution in [3.05, 3.63) is 71.0 Å². The van der Waals surface area contributed by atoms with E-state index in [9.17, 15) is 4.39 Å². The molecule has 2 aromatic rings. The van der Waals surface area contributed by atoms with E-state index < -0.39 is 0 Å². The van der Waals surface area contributed by atoms with Gasteiger partial charge in [-0.25, -0.2) is 4.39 Å². The van der Waals surface area contributed by atoms with E-state index in [0.717, 1.165) is 11.1 Å². The fourth-order valence-corrected chi connectivity index (χ4v) is 1.92. The van der Waals surface area contributed by atoms with Crippen LogP contribution in [-0.2, 0) is 6.54 Å². The van der Waals surface area contributed by atoms with E-state index in [0.29, 0.717) is 12.1 Å². The van der Waals surface area contributed by atoms with E-state index >= 15 is 0 Å². The third-order valence-electron chi connectivity index (χ3n) is 3.02. The average Bonchev–Trinajstić information content (AvgIpc) is 2.45. The molecule has 2 nitrogen and oxygen atoms in total. The monoisotopic (exact) mass is 254 g/mol. The van der Waals surface area contributed by atoms with Crippen molar-refractivity contribution >= 4 is 0 Å². The quantitative estimate of drug-likeness (QED) is 0.905. The highest BCUT2D eigenvalue weighted by molar-refractivity contribution is 5.32. The van der Waals surface area contributed by atoms with E-state index in [1.165, 1.54) is 12.1 Å². The van der Waals surface area contributed by atoms with Crippen LogP contribution in [-0.4, -0.2) is 0 Å². The highest BCUT2D eigenvalue weighted by Gasteiger charge is 2.05. The molecule has 0 bridgehead atoms. The van der Waals surface area contributed by atoms with Crippen LogP contribution in [0.2, 0.25) is 0 Å². The Hall–Kier alpha value is -2.18. The van der Waals surface area contributed by atoms with Crippen LogP contribution in [0.4, 0.5) is 4.39 Å². The highest BCUT2D eigenvalue weighted by Crippen LogP contribution is 2.14. The first-order valence-electron chi connectivity index (χ1n) is 6.17. The summed E-state index contributed by atoms with van der Waals surface area (Å²) >= 11 is 0. The molecule has 0 fully saturated rings. The summed E-state index contributed by atoms with van der Waals surface area (Å²) in [5, 5.41) is 12.2. The van der Waals surface area contributed by atoms with Crippen LogP contribution >= 0.6 is 0 Å². The van der Waals surface area contributed by atoms with Crippen LogP contribution in [0, 0.1) is 17.1 Å². The highest BCUT2D eigenvalue weighted by atomic mass is 19.1. The Kier molecular flexibility index (Phi) is 4.27. The Morgan fingerprint density at radius 1 is 1.21 bits per heavy atom. The van der Waals surface area contributed by atoms with Gasteiger partial charge in [0, 0.05) is 12.6 Å². The van der Waals surface area contributed by atoms with Crippen LogP contribution in [0.1, 0.15) is 29.7 Å². The second-order valence-electron chi connectivity index (χ2n) is 4.47. The molecule has 1 N–H and O–H groups in total. The molecule has 0 radical (unpaired) electrons. The predicted molar refractivity (Wildman–Crippen MR) is 72.8 cm³/mol. The fourth-order valence-electron chi connectivity index (χ4n) is 1.92. The fraction of sp³-hybridized carbons (Fsp3) is 0.188. The molecule has 0 saturated carbocycles. The van der Waals surface area contributed by atoms with Gasteiger partial charge in [0.25, 0.3) is 0 Å². The summed E-state index contributed by atoms with van der Waals surface area (Å²) in [6, 6.07) is 16.2. The summed E-state index contributed by atoms with van der Waals surface area (Å²) < 4.78 is 13.1. The molecule has 0 saturated heterocycles. The van der Waals surface area contributed by atoms with Gasteiger partial charge >= 0.3 is 0 Å². The maximum Gasteiger partial charge on any atom is 0.123 e. The lowest BCUT2D eigenvalue weighted by molar-refractivity contribution is 0.565. The van der Waals surface area contributed by atoms with E-state index in [1.54, 1.807) is 12.1 Å². The van der Waals surface area contributed by atoms with E-state index in [4.69, 9.17) is 5.26 Å². The number of hydrogen-bond donors (Lipinski definition) is 1. The summed E-state index contributed by atoms with van der Waals surface area (Å²) in [5.41, 5.74) is 2.61. The summed E-state index contributed by atoms with van der Waals surface area (Å²) in [5.74, 6) is -0.224. The first-order chi connectivity index (χ1) is 9.19. The standard InChI is InChI=1S/C16H15FN2/c1-12(15-6-3-7-16(17)9-15)19-11-14-5-2-4-13(8-14)10-18/h2-9,12,19H,11H2,1H3/t12-/m0/s1. The van der Waals surface area contributed by atoms with Gasteiger partial charge < -0.3 is 5.32 Å². The molecule has 0 unspecified atom stereocenters. The second kappa shape index (κ2) is 6.12. The van der Waals surface area contributed by atoms with Gasteiger partial charge in [-0.2, -0.15) is 5.26 Å². The van der Waals surface area contributed by atoms with Crippen LogP contribution in [0.3, 0.4) is 0 Å². The van der Waals surface area contributed by atoms with Crippen molar-refractivity contribution < 1.29 is 4.39 Å².